The number of allylic oxidation sites excluding steroid dienone is 2. The first-order valence-electron chi connectivity index (χ1n) is 4.00. The third-order valence-corrected chi connectivity index (χ3v) is 1.95. The molecule has 0 spiro atoms. The van der Waals surface area contributed by atoms with E-state index in [4.69, 9.17) is 0 Å². The van der Waals surface area contributed by atoms with Gasteiger partial charge in [0.1, 0.15) is 0 Å². The SMILES string of the molecule is C=C1NC(=O)NC(C(C)C)=C1C. The van der Waals surface area contributed by atoms with Crippen LogP contribution in [0.1, 0.15) is 20.8 Å². The van der Waals surface area contributed by atoms with Gasteiger partial charge in [0, 0.05) is 11.4 Å². The monoisotopic (exact) mass is 166 g/mol. The highest BCUT2D eigenvalue weighted by Crippen LogP contribution is 2.18. The molecule has 2 N–H and O–H groups in total. The van der Waals surface area contributed by atoms with E-state index in [0.717, 1.165) is 11.3 Å². The Morgan fingerprint density at radius 2 is 1.92 bits per heavy atom. The van der Waals surface area contributed by atoms with Gasteiger partial charge >= 0.3 is 6.03 Å². The van der Waals surface area contributed by atoms with Gasteiger partial charge in [-0.2, -0.15) is 0 Å². The molecule has 0 saturated heterocycles. The minimum Gasteiger partial charge on any atom is -0.311 e. The third kappa shape index (κ3) is 1.49. The Kier molecular flexibility index (Phi) is 2.22. The summed E-state index contributed by atoms with van der Waals surface area (Å²) in [6, 6.07) is -0.186. The highest BCUT2D eigenvalue weighted by atomic mass is 16.2. The molecule has 12 heavy (non-hydrogen) atoms. The zero-order chi connectivity index (χ0) is 9.30. The molecule has 1 heterocycles. The van der Waals surface area contributed by atoms with Crippen molar-refractivity contribution in [3.8, 4) is 0 Å². The maximum Gasteiger partial charge on any atom is 0.323 e. The van der Waals surface area contributed by atoms with E-state index in [0.29, 0.717) is 11.6 Å². The molecule has 0 aliphatic carbocycles. The van der Waals surface area contributed by atoms with Crippen molar-refractivity contribution in [3.05, 3.63) is 23.5 Å². The van der Waals surface area contributed by atoms with Crippen LogP contribution in [0.15, 0.2) is 23.5 Å². The molecule has 0 bridgehead atoms. The van der Waals surface area contributed by atoms with E-state index in [2.05, 4.69) is 17.2 Å². The van der Waals surface area contributed by atoms with Gasteiger partial charge in [-0.1, -0.05) is 20.4 Å². The Bertz CT molecular complexity index is 264. The molecule has 66 valence electrons. The molecular weight excluding hydrogens is 152 g/mol. The molecule has 1 aliphatic heterocycles. The maximum atomic E-state index is 11.0. The fourth-order valence-electron chi connectivity index (χ4n) is 1.22. The first-order valence-corrected chi connectivity index (χ1v) is 4.00. The molecule has 0 saturated carbocycles. The van der Waals surface area contributed by atoms with Gasteiger partial charge in [0.2, 0.25) is 0 Å². The largest absolute Gasteiger partial charge is 0.323 e. The number of carbonyl (C=O) groups excluding carboxylic acids is 1. The Balaban J connectivity index is 3.01. The van der Waals surface area contributed by atoms with Crippen LogP contribution in [0, 0.1) is 5.92 Å². The van der Waals surface area contributed by atoms with Crippen molar-refractivity contribution in [2.24, 2.45) is 5.92 Å². The predicted molar refractivity (Wildman–Crippen MR) is 48.3 cm³/mol. The van der Waals surface area contributed by atoms with E-state index in [1.165, 1.54) is 0 Å². The minimum atomic E-state index is -0.186. The number of hydrogen-bond acceptors (Lipinski definition) is 1. The molecule has 0 aromatic heterocycles. The van der Waals surface area contributed by atoms with Crippen molar-refractivity contribution < 1.29 is 4.79 Å². The zero-order valence-corrected chi connectivity index (χ0v) is 7.69. The van der Waals surface area contributed by atoms with Gasteiger partial charge in [-0.25, -0.2) is 4.79 Å². The summed E-state index contributed by atoms with van der Waals surface area (Å²) < 4.78 is 0. The lowest BCUT2D eigenvalue weighted by Gasteiger charge is -2.24. The summed E-state index contributed by atoms with van der Waals surface area (Å²) in [5, 5.41) is 5.38. The molecule has 2 amide bonds. The second-order valence-corrected chi connectivity index (χ2v) is 3.25. The molecule has 0 atom stereocenters. The summed E-state index contributed by atoms with van der Waals surface area (Å²) in [5.74, 6) is 0.327. The van der Waals surface area contributed by atoms with E-state index in [1.54, 1.807) is 0 Å². The van der Waals surface area contributed by atoms with E-state index in [9.17, 15) is 4.79 Å². The Labute approximate surface area is 72.5 Å². The van der Waals surface area contributed by atoms with Gasteiger partial charge in [-0.15, -0.1) is 0 Å². The van der Waals surface area contributed by atoms with Crippen LogP contribution in [0.2, 0.25) is 0 Å². The average molecular weight is 166 g/mol. The van der Waals surface area contributed by atoms with Gasteiger partial charge in [0.25, 0.3) is 0 Å². The topological polar surface area (TPSA) is 41.1 Å². The maximum absolute atomic E-state index is 11.0. The van der Waals surface area contributed by atoms with Gasteiger partial charge in [0.05, 0.1) is 0 Å². The number of hydrogen-bond donors (Lipinski definition) is 2. The van der Waals surface area contributed by atoms with E-state index in [1.807, 2.05) is 20.8 Å². The number of amides is 2. The van der Waals surface area contributed by atoms with Gasteiger partial charge in [-0.05, 0) is 18.4 Å². The predicted octanol–water partition coefficient (Wildman–Crippen LogP) is 1.74. The lowest BCUT2D eigenvalue weighted by molar-refractivity contribution is 0.243. The highest BCUT2D eigenvalue weighted by Gasteiger charge is 2.18. The molecule has 1 aliphatic rings. The molecule has 0 aromatic carbocycles. The van der Waals surface area contributed by atoms with Gasteiger partial charge in [0.15, 0.2) is 0 Å². The standard InChI is InChI=1S/C9H14N2O/c1-5(2)8-6(3)7(4)10-9(12)11-8/h5H,4H2,1-3H3,(H2,10,11,12). The van der Waals surface area contributed by atoms with Crippen LogP contribution in [0.25, 0.3) is 0 Å². The van der Waals surface area contributed by atoms with E-state index < -0.39 is 0 Å². The van der Waals surface area contributed by atoms with Crippen molar-refractivity contribution in [1.82, 2.24) is 10.6 Å². The van der Waals surface area contributed by atoms with Crippen molar-refractivity contribution in [1.29, 1.82) is 0 Å². The number of carbonyl (C=O) groups is 1. The Hall–Kier alpha value is -1.25. The number of nitrogens with one attached hydrogen (secondary N) is 2. The fourth-order valence-corrected chi connectivity index (χ4v) is 1.22. The summed E-state index contributed by atoms with van der Waals surface area (Å²) >= 11 is 0. The molecule has 0 fully saturated rings. The summed E-state index contributed by atoms with van der Waals surface area (Å²) in [7, 11) is 0. The normalized spacial score (nSPS) is 18.0. The summed E-state index contributed by atoms with van der Waals surface area (Å²) in [5.41, 5.74) is 2.69. The summed E-state index contributed by atoms with van der Waals surface area (Å²) in [6.45, 7) is 9.78. The van der Waals surface area contributed by atoms with Gasteiger partial charge < -0.3 is 10.6 Å². The minimum absolute atomic E-state index is 0.186. The van der Waals surface area contributed by atoms with Crippen LogP contribution in [-0.4, -0.2) is 6.03 Å². The highest BCUT2D eigenvalue weighted by molar-refractivity contribution is 5.81. The smallest absolute Gasteiger partial charge is 0.311 e. The molecular formula is C9H14N2O. The van der Waals surface area contributed by atoms with Crippen LogP contribution in [0.5, 0.6) is 0 Å². The first-order chi connectivity index (χ1) is 5.52. The van der Waals surface area contributed by atoms with Crippen LogP contribution in [-0.2, 0) is 0 Å². The van der Waals surface area contributed by atoms with Crippen molar-refractivity contribution in [3.63, 3.8) is 0 Å². The second-order valence-electron chi connectivity index (χ2n) is 3.25. The molecule has 0 radical (unpaired) electrons. The lowest BCUT2D eigenvalue weighted by Crippen LogP contribution is -2.41. The van der Waals surface area contributed by atoms with Crippen molar-refractivity contribution in [2.75, 3.05) is 0 Å². The van der Waals surface area contributed by atoms with Crippen molar-refractivity contribution in [2.45, 2.75) is 20.8 Å². The second kappa shape index (κ2) is 3.01. The third-order valence-electron chi connectivity index (χ3n) is 1.95. The Morgan fingerprint density at radius 3 is 2.42 bits per heavy atom. The summed E-state index contributed by atoms with van der Waals surface area (Å²) in [4.78, 5) is 11.0. The summed E-state index contributed by atoms with van der Waals surface area (Å²) in [6.07, 6.45) is 0. The Morgan fingerprint density at radius 1 is 1.33 bits per heavy atom. The molecule has 1 rings (SSSR count). The van der Waals surface area contributed by atoms with Crippen LogP contribution < -0.4 is 10.6 Å². The lowest BCUT2D eigenvalue weighted by atomic mass is 10.0. The van der Waals surface area contributed by atoms with E-state index in [-0.39, 0.29) is 6.03 Å². The molecule has 3 heteroatoms. The van der Waals surface area contributed by atoms with Gasteiger partial charge in [-0.3, -0.25) is 0 Å². The van der Waals surface area contributed by atoms with E-state index >= 15 is 0 Å². The van der Waals surface area contributed by atoms with Crippen LogP contribution in [0.4, 0.5) is 4.79 Å². The number of urea groups is 1. The van der Waals surface area contributed by atoms with Crippen LogP contribution in [0.3, 0.4) is 0 Å². The molecule has 3 nitrogen and oxygen atoms in total. The molecule has 0 aromatic rings. The quantitative estimate of drug-likeness (QED) is 0.612. The van der Waals surface area contributed by atoms with Crippen molar-refractivity contribution >= 4 is 6.03 Å². The number of rotatable bonds is 1. The first kappa shape index (κ1) is 8.84. The fraction of sp³-hybridized carbons (Fsp3) is 0.444. The molecule has 0 unspecified atom stereocenters. The zero-order valence-electron chi connectivity index (χ0n) is 7.69. The average Bonchev–Trinajstić information content (AvgIpc) is 1.96. The van der Waals surface area contributed by atoms with Crippen LogP contribution >= 0.6 is 0 Å².